The lowest BCUT2D eigenvalue weighted by Crippen LogP contribution is -2.37. The van der Waals surface area contributed by atoms with Crippen molar-refractivity contribution in [3.63, 3.8) is 0 Å². The molecule has 2 atom stereocenters. The molecule has 118 valence electrons. The highest BCUT2D eigenvalue weighted by Gasteiger charge is 2.29. The average Bonchev–Trinajstić information content (AvgIpc) is 2.38. The Kier molecular flexibility index (Phi) is 6.85. The second-order valence-electron chi connectivity index (χ2n) is 5.43. The van der Waals surface area contributed by atoms with Gasteiger partial charge >= 0.3 is 5.97 Å². The fourth-order valence-electron chi connectivity index (χ4n) is 1.58. The van der Waals surface area contributed by atoms with Gasteiger partial charge in [0.2, 0.25) is 0 Å². The van der Waals surface area contributed by atoms with Gasteiger partial charge in [-0.05, 0) is 44.7 Å². The van der Waals surface area contributed by atoms with E-state index in [0.29, 0.717) is 5.75 Å². The molecule has 1 aromatic carbocycles. The zero-order chi connectivity index (χ0) is 16.0. The van der Waals surface area contributed by atoms with Crippen LogP contribution in [-0.2, 0) is 21.3 Å². The van der Waals surface area contributed by atoms with Gasteiger partial charge in [-0.15, -0.1) is 0 Å². The summed E-state index contributed by atoms with van der Waals surface area (Å²) in [6, 6.07) is 8.94. The van der Waals surface area contributed by atoms with Crippen LogP contribution >= 0.6 is 6.42 Å². The monoisotopic (exact) mass is 329 g/mol. The molecule has 0 aliphatic carbocycles. The summed E-state index contributed by atoms with van der Waals surface area (Å²) in [5.41, 5.74) is 0.0991. The van der Waals surface area contributed by atoms with Crippen molar-refractivity contribution in [2.75, 3.05) is 0 Å². The van der Waals surface area contributed by atoms with Crippen LogP contribution in [0.25, 0.3) is 0 Å². The van der Waals surface area contributed by atoms with Crippen LogP contribution in [0.3, 0.4) is 0 Å². The van der Waals surface area contributed by atoms with Crippen LogP contribution in [0.4, 0.5) is 0 Å². The molecule has 0 unspecified atom stereocenters. The van der Waals surface area contributed by atoms with Gasteiger partial charge < -0.3 is 9.26 Å². The molecule has 0 aliphatic rings. The van der Waals surface area contributed by atoms with Gasteiger partial charge in [0.1, 0.15) is 11.8 Å². The minimum absolute atomic E-state index is 0.0991. The van der Waals surface area contributed by atoms with E-state index in [-0.39, 0.29) is 17.7 Å². The second kappa shape index (κ2) is 7.92. The highest BCUT2D eigenvalue weighted by molar-refractivity contribution is 8.11. The first kappa shape index (κ1) is 18.1. The molecule has 0 fully saturated rings. The molecular formula is C15H24NO3PS. The molecule has 21 heavy (non-hydrogen) atoms. The SMILES string of the molecule is CC(C)OC(=O)[C@H](C)N[P@@](=S)(Oc1ccccc1)C(C)C. The predicted molar refractivity (Wildman–Crippen MR) is 90.3 cm³/mol. The lowest BCUT2D eigenvalue weighted by atomic mass is 10.3. The van der Waals surface area contributed by atoms with E-state index in [1.54, 1.807) is 6.92 Å². The number of rotatable bonds is 7. The highest BCUT2D eigenvalue weighted by atomic mass is 32.4. The molecule has 0 saturated heterocycles. The minimum atomic E-state index is -2.38. The molecule has 0 spiro atoms. The van der Waals surface area contributed by atoms with Crippen molar-refractivity contribution in [2.45, 2.75) is 52.4 Å². The maximum atomic E-state index is 11.9. The van der Waals surface area contributed by atoms with Gasteiger partial charge in [0, 0.05) is 5.66 Å². The number of esters is 1. The van der Waals surface area contributed by atoms with Crippen LogP contribution in [0.2, 0.25) is 0 Å². The number of hydrogen-bond donors (Lipinski definition) is 1. The third-order valence-corrected chi connectivity index (χ3v) is 7.14. The number of nitrogens with one attached hydrogen (secondary N) is 1. The number of para-hydroxylation sites is 1. The topological polar surface area (TPSA) is 47.6 Å². The minimum Gasteiger partial charge on any atom is -0.462 e. The van der Waals surface area contributed by atoms with Gasteiger partial charge in [0.15, 0.2) is 6.42 Å². The van der Waals surface area contributed by atoms with E-state index in [4.69, 9.17) is 21.1 Å². The summed E-state index contributed by atoms with van der Waals surface area (Å²) < 4.78 is 11.2. The summed E-state index contributed by atoms with van der Waals surface area (Å²) in [6.07, 6.45) is -2.53. The molecular weight excluding hydrogens is 305 g/mol. The molecule has 6 heteroatoms. The van der Waals surface area contributed by atoms with Crippen molar-refractivity contribution in [3.05, 3.63) is 30.3 Å². The maximum absolute atomic E-state index is 11.9. The normalized spacial score (nSPS) is 15.6. The van der Waals surface area contributed by atoms with Gasteiger partial charge in [0.25, 0.3) is 0 Å². The van der Waals surface area contributed by atoms with Gasteiger partial charge in [-0.1, -0.05) is 32.0 Å². The first-order valence-corrected chi connectivity index (χ1v) is 9.86. The van der Waals surface area contributed by atoms with Crippen molar-refractivity contribution >= 4 is 24.2 Å². The number of hydrogen-bond acceptors (Lipinski definition) is 4. The Morgan fingerprint density at radius 2 is 1.71 bits per heavy atom. The third kappa shape index (κ3) is 5.77. The van der Waals surface area contributed by atoms with Crippen LogP contribution in [0.15, 0.2) is 30.3 Å². The Labute approximate surface area is 132 Å². The van der Waals surface area contributed by atoms with E-state index in [2.05, 4.69) is 5.09 Å². The van der Waals surface area contributed by atoms with Crippen molar-refractivity contribution in [3.8, 4) is 5.75 Å². The van der Waals surface area contributed by atoms with E-state index in [0.717, 1.165) is 0 Å². The van der Waals surface area contributed by atoms with E-state index in [9.17, 15) is 4.79 Å². The van der Waals surface area contributed by atoms with Gasteiger partial charge in [0.05, 0.1) is 6.10 Å². The molecule has 1 rings (SSSR count). The van der Waals surface area contributed by atoms with E-state index in [1.165, 1.54) is 0 Å². The van der Waals surface area contributed by atoms with Crippen LogP contribution in [0, 0.1) is 0 Å². The quantitative estimate of drug-likeness (QED) is 0.610. The van der Waals surface area contributed by atoms with Gasteiger partial charge in [-0.2, -0.15) is 0 Å². The Hall–Kier alpha value is -0.900. The largest absolute Gasteiger partial charge is 0.462 e. The number of carbonyl (C=O) groups is 1. The summed E-state index contributed by atoms with van der Waals surface area (Å²) in [5, 5.41) is 3.18. The summed E-state index contributed by atoms with van der Waals surface area (Å²) in [5.74, 6) is 0.406. The summed E-state index contributed by atoms with van der Waals surface area (Å²) in [7, 11) is 0. The Morgan fingerprint density at radius 3 is 2.19 bits per heavy atom. The van der Waals surface area contributed by atoms with Crippen molar-refractivity contribution in [1.29, 1.82) is 0 Å². The van der Waals surface area contributed by atoms with Gasteiger partial charge in [-0.25, -0.2) is 5.09 Å². The Morgan fingerprint density at radius 1 is 1.14 bits per heavy atom. The number of ether oxygens (including phenoxy) is 1. The van der Waals surface area contributed by atoms with Crippen LogP contribution in [0.1, 0.15) is 34.6 Å². The molecule has 0 bridgehead atoms. The van der Waals surface area contributed by atoms with Crippen molar-refractivity contribution < 1.29 is 14.1 Å². The molecule has 0 aliphatic heterocycles. The molecule has 0 amide bonds. The highest BCUT2D eigenvalue weighted by Crippen LogP contribution is 2.48. The molecule has 1 N–H and O–H groups in total. The maximum Gasteiger partial charge on any atom is 0.323 e. The lowest BCUT2D eigenvalue weighted by Gasteiger charge is -2.30. The molecule has 0 aromatic heterocycles. The summed E-state index contributed by atoms with van der Waals surface area (Å²) in [4.78, 5) is 11.9. The van der Waals surface area contributed by atoms with E-state index < -0.39 is 12.5 Å². The fraction of sp³-hybridized carbons (Fsp3) is 0.533. The van der Waals surface area contributed by atoms with Crippen LogP contribution in [0.5, 0.6) is 5.75 Å². The zero-order valence-electron chi connectivity index (χ0n) is 13.2. The first-order chi connectivity index (χ1) is 9.74. The van der Waals surface area contributed by atoms with Crippen molar-refractivity contribution in [2.24, 2.45) is 0 Å². The number of carbonyl (C=O) groups excluding carboxylic acids is 1. The Balaban J connectivity index is 2.81. The summed E-state index contributed by atoms with van der Waals surface area (Å²) in [6.45, 7) is 9.39. The second-order valence-corrected chi connectivity index (χ2v) is 9.73. The zero-order valence-corrected chi connectivity index (χ0v) is 14.9. The Bertz CT molecular complexity index is 505. The van der Waals surface area contributed by atoms with Gasteiger partial charge in [-0.3, -0.25) is 4.79 Å². The lowest BCUT2D eigenvalue weighted by molar-refractivity contribution is -0.148. The fourth-order valence-corrected chi connectivity index (χ4v) is 3.95. The summed E-state index contributed by atoms with van der Waals surface area (Å²) >= 11 is 5.69. The van der Waals surface area contributed by atoms with E-state index >= 15 is 0 Å². The third-order valence-electron chi connectivity index (χ3n) is 2.74. The first-order valence-electron chi connectivity index (χ1n) is 7.07. The average molecular weight is 329 g/mol. The molecule has 0 saturated carbocycles. The molecule has 1 aromatic rings. The van der Waals surface area contributed by atoms with Crippen LogP contribution in [-0.4, -0.2) is 23.8 Å². The van der Waals surface area contributed by atoms with Crippen LogP contribution < -0.4 is 9.61 Å². The predicted octanol–water partition coefficient (Wildman–Crippen LogP) is 3.71. The van der Waals surface area contributed by atoms with Crippen molar-refractivity contribution in [1.82, 2.24) is 5.09 Å². The van der Waals surface area contributed by atoms with E-state index in [1.807, 2.05) is 58.0 Å². The number of benzene rings is 1. The molecule has 0 heterocycles. The smallest absolute Gasteiger partial charge is 0.323 e. The molecule has 4 nitrogen and oxygen atoms in total. The molecule has 0 radical (unpaired) electrons. The standard InChI is InChI=1S/C15H24NO3PS/c1-11(2)18-15(17)13(5)16-20(21,12(3)4)19-14-9-7-6-8-10-14/h6-13H,1-5H3,(H,16,21)/t13-,20+/m0/s1.